The number of rotatable bonds is 5. The lowest BCUT2D eigenvalue weighted by Gasteiger charge is -2.08. The zero-order chi connectivity index (χ0) is 12.8. The second-order valence-corrected chi connectivity index (χ2v) is 3.42. The van der Waals surface area contributed by atoms with Crippen LogP contribution in [0.3, 0.4) is 0 Å². The molecule has 92 valence electrons. The van der Waals surface area contributed by atoms with Gasteiger partial charge in [0.1, 0.15) is 0 Å². The first-order valence-corrected chi connectivity index (χ1v) is 5.05. The summed E-state index contributed by atoms with van der Waals surface area (Å²) in [7, 11) is 1.48. The number of hydrogen-bond donors (Lipinski definition) is 2. The summed E-state index contributed by atoms with van der Waals surface area (Å²) in [5.41, 5.74) is 1.20. The molecule has 0 aliphatic heterocycles. The Morgan fingerprint density at radius 2 is 2.24 bits per heavy atom. The number of carbonyl (C=O) groups excluding carboxylic acids is 1. The lowest BCUT2D eigenvalue weighted by atomic mass is 10.0. The van der Waals surface area contributed by atoms with Crippen LogP contribution in [0.4, 0.5) is 4.79 Å². The van der Waals surface area contributed by atoms with Crippen molar-refractivity contribution in [3.05, 3.63) is 23.4 Å². The van der Waals surface area contributed by atoms with E-state index < -0.39 is 6.09 Å². The lowest BCUT2D eigenvalue weighted by Crippen LogP contribution is -2.23. The van der Waals surface area contributed by atoms with E-state index in [-0.39, 0.29) is 12.3 Å². The first-order valence-electron chi connectivity index (χ1n) is 5.05. The van der Waals surface area contributed by atoms with Crippen molar-refractivity contribution in [1.29, 1.82) is 0 Å². The third kappa shape index (κ3) is 3.75. The van der Waals surface area contributed by atoms with Crippen LogP contribution in [0.1, 0.15) is 22.8 Å². The molecule has 0 atom stereocenters. The summed E-state index contributed by atoms with van der Waals surface area (Å²) in [6.07, 6.45) is 0.771. The van der Waals surface area contributed by atoms with Crippen LogP contribution in [0.25, 0.3) is 0 Å². The molecule has 0 aliphatic carbocycles. The zero-order valence-electron chi connectivity index (χ0n) is 9.69. The van der Waals surface area contributed by atoms with Crippen molar-refractivity contribution in [1.82, 2.24) is 10.3 Å². The minimum Gasteiger partial charge on any atom is -0.481 e. The predicted octanol–water partition coefficient (Wildman–Crippen LogP) is 1.10. The molecule has 1 heterocycles. The van der Waals surface area contributed by atoms with E-state index in [1.807, 2.05) is 0 Å². The van der Waals surface area contributed by atoms with Crippen molar-refractivity contribution in [3.63, 3.8) is 0 Å². The van der Waals surface area contributed by atoms with Gasteiger partial charge in [-0.15, -0.1) is 0 Å². The maximum absolute atomic E-state index is 11.3. The number of nitrogens with zero attached hydrogens (tertiary/aromatic N) is 1. The van der Waals surface area contributed by atoms with E-state index in [0.717, 1.165) is 5.56 Å². The Morgan fingerprint density at radius 1 is 1.53 bits per heavy atom. The number of ketones is 1. The van der Waals surface area contributed by atoms with Crippen LogP contribution in [0.15, 0.2) is 12.3 Å². The molecule has 1 aromatic rings. The second kappa shape index (κ2) is 5.83. The molecular formula is C11H14N2O4. The van der Waals surface area contributed by atoms with Gasteiger partial charge in [-0.1, -0.05) is 0 Å². The molecule has 0 radical (unpaired) electrons. The average molecular weight is 238 g/mol. The van der Waals surface area contributed by atoms with Gasteiger partial charge in [-0.05, 0) is 18.9 Å². The van der Waals surface area contributed by atoms with E-state index >= 15 is 0 Å². The van der Waals surface area contributed by atoms with Gasteiger partial charge in [0.25, 0.3) is 0 Å². The molecule has 1 aromatic heterocycles. The van der Waals surface area contributed by atoms with Crippen molar-refractivity contribution in [2.24, 2.45) is 0 Å². The summed E-state index contributed by atoms with van der Waals surface area (Å²) in [6.45, 7) is 1.68. The van der Waals surface area contributed by atoms with Gasteiger partial charge < -0.3 is 15.2 Å². The van der Waals surface area contributed by atoms with Crippen LogP contribution in [0, 0.1) is 0 Å². The maximum atomic E-state index is 11.3. The summed E-state index contributed by atoms with van der Waals surface area (Å²) in [6, 6.07) is 1.64. The van der Waals surface area contributed by atoms with Crippen LogP contribution >= 0.6 is 0 Å². The fourth-order valence-corrected chi connectivity index (χ4v) is 1.41. The molecule has 0 aliphatic rings. The molecule has 0 aromatic carbocycles. The molecule has 1 rings (SSSR count). The van der Waals surface area contributed by atoms with Crippen LogP contribution in [-0.2, 0) is 6.42 Å². The molecule has 0 spiro atoms. The number of methoxy groups -OCH3 is 1. The van der Waals surface area contributed by atoms with Crippen molar-refractivity contribution in [2.75, 3.05) is 13.7 Å². The van der Waals surface area contributed by atoms with Gasteiger partial charge >= 0.3 is 6.09 Å². The minimum absolute atomic E-state index is 0.106. The molecular weight excluding hydrogens is 224 g/mol. The summed E-state index contributed by atoms with van der Waals surface area (Å²) in [5.74, 6) is 0.297. The Balaban J connectivity index is 2.85. The third-order valence-corrected chi connectivity index (χ3v) is 2.22. The van der Waals surface area contributed by atoms with Gasteiger partial charge in [-0.2, -0.15) is 0 Å². The van der Waals surface area contributed by atoms with Gasteiger partial charge in [0.15, 0.2) is 5.78 Å². The number of hydrogen-bond acceptors (Lipinski definition) is 4. The Hall–Kier alpha value is -2.11. The van der Waals surface area contributed by atoms with Crippen molar-refractivity contribution < 1.29 is 19.4 Å². The highest BCUT2D eigenvalue weighted by Gasteiger charge is 2.09. The SMILES string of the molecule is COc1cc(CCNC(=O)O)c(C(C)=O)cn1. The molecule has 0 unspecified atom stereocenters. The number of aromatic nitrogens is 1. The summed E-state index contributed by atoms with van der Waals surface area (Å²) < 4.78 is 4.96. The van der Waals surface area contributed by atoms with Crippen LogP contribution in [0.5, 0.6) is 5.88 Å². The molecule has 17 heavy (non-hydrogen) atoms. The highest BCUT2D eigenvalue weighted by atomic mass is 16.5. The molecule has 6 heteroatoms. The number of Topliss-reactive ketones (excluding diaryl/α,β-unsaturated/α-hetero) is 1. The number of pyridine rings is 1. The quantitative estimate of drug-likeness (QED) is 0.750. The monoisotopic (exact) mass is 238 g/mol. The van der Waals surface area contributed by atoms with Gasteiger partial charge in [0, 0.05) is 24.4 Å². The van der Waals surface area contributed by atoms with Crippen LogP contribution < -0.4 is 10.1 Å². The van der Waals surface area contributed by atoms with Crippen molar-refractivity contribution >= 4 is 11.9 Å². The van der Waals surface area contributed by atoms with Gasteiger partial charge in [-0.3, -0.25) is 4.79 Å². The van der Waals surface area contributed by atoms with E-state index in [0.29, 0.717) is 17.9 Å². The van der Waals surface area contributed by atoms with E-state index in [2.05, 4.69) is 10.3 Å². The number of ether oxygens (including phenoxy) is 1. The topological polar surface area (TPSA) is 88.5 Å². The van der Waals surface area contributed by atoms with Gasteiger partial charge in [-0.25, -0.2) is 9.78 Å². The molecule has 6 nitrogen and oxygen atoms in total. The average Bonchev–Trinajstić information content (AvgIpc) is 2.28. The normalized spacial score (nSPS) is 9.76. The molecule has 2 N–H and O–H groups in total. The first kappa shape index (κ1) is 13.0. The van der Waals surface area contributed by atoms with Crippen molar-refractivity contribution in [3.8, 4) is 5.88 Å². The molecule has 0 fully saturated rings. The number of nitrogens with one attached hydrogen (secondary N) is 1. The minimum atomic E-state index is -1.09. The lowest BCUT2D eigenvalue weighted by molar-refractivity contribution is 0.101. The predicted molar refractivity (Wildman–Crippen MR) is 60.5 cm³/mol. The van der Waals surface area contributed by atoms with Gasteiger partial charge in [0.2, 0.25) is 5.88 Å². The highest BCUT2D eigenvalue weighted by Crippen LogP contribution is 2.15. The molecule has 0 saturated carbocycles. The van der Waals surface area contributed by atoms with E-state index in [4.69, 9.17) is 9.84 Å². The first-order chi connectivity index (χ1) is 8.04. The van der Waals surface area contributed by atoms with E-state index in [1.165, 1.54) is 20.2 Å². The molecule has 0 saturated heterocycles. The Kier molecular flexibility index (Phi) is 4.45. The summed E-state index contributed by atoms with van der Waals surface area (Å²) in [5, 5.41) is 10.7. The van der Waals surface area contributed by atoms with Crippen LogP contribution in [-0.4, -0.2) is 35.6 Å². The maximum Gasteiger partial charge on any atom is 0.404 e. The number of carbonyl (C=O) groups is 2. The summed E-state index contributed by atoms with van der Waals surface area (Å²) in [4.78, 5) is 25.6. The number of amides is 1. The third-order valence-electron chi connectivity index (χ3n) is 2.22. The van der Waals surface area contributed by atoms with Crippen LogP contribution in [0.2, 0.25) is 0 Å². The fourth-order valence-electron chi connectivity index (χ4n) is 1.41. The van der Waals surface area contributed by atoms with Crippen molar-refractivity contribution in [2.45, 2.75) is 13.3 Å². The Morgan fingerprint density at radius 3 is 2.76 bits per heavy atom. The highest BCUT2D eigenvalue weighted by molar-refractivity contribution is 5.95. The molecule has 0 bridgehead atoms. The largest absolute Gasteiger partial charge is 0.481 e. The summed E-state index contributed by atoms with van der Waals surface area (Å²) >= 11 is 0. The standard InChI is InChI=1S/C11H14N2O4/c1-7(14)9-6-13-10(17-2)5-8(9)3-4-12-11(15)16/h5-6,12H,3-4H2,1-2H3,(H,15,16). The van der Waals surface area contributed by atoms with Gasteiger partial charge in [0.05, 0.1) is 7.11 Å². The van der Waals surface area contributed by atoms with E-state index in [1.54, 1.807) is 6.07 Å². The Bertz CT molecular complexity index is 431. The number of carboxylic acid groups (broad SMARTS) is 1. The molecule has 1 amide bonds. The fraction of sp³-hybridized carbons (Fsp3) is 0.364. The zero-order valence-corrected chi connectivity index (χ0v) is 9.69. The smallest absolute Gasteiger partial charge is 0.404 e. The second-order valence-electron chi connectivity index (χ2n) is 3.42. The van der Waals surface area contributed by atoms with E-state index in [9.17, 15) is 9.59 Å². The Labute approximate surface area is 98.6 Å².